The molecular weight excluding hydrogens is 576 g/mol. The Morgan fingerprint density at radius 2 is 0.826 bits per heavy atom. The maximum Gasteiger partial charge on any atom is 0.305 e. The molecule has 0 amide bonds. The SMILES string of the molecule is CCCCCCCCOC(=O)CCCCCCC1OC1C(CC)C(CC)C1OC1CCCCCCC(=O)OCCCCCCCC. The Bertz CT molecular complexity index is 694. The van der Waals surface area contributed by atoms with Gasteiger partial charge in [0.05, 0.1) is 37.6 Å². The van der Waals surface area contributed by atoms with Gasteiger partial charge in [0.2, 0.25) is 0 Å². The van der Waals surface area contributed by atoms with Gasteiger partial charge in [-0.1, -0.05) is 143 Å². The third-order valence-corrected chi connectivity index (χ3v) is 10.3. The van der Waals surface area contributed by atoms with Crippen LogP contribution in [0, 0.1) is 11.8 Å². The highest BCUT2D eigenvalue weighted by molar-refractivity contribution is 5.69. The first-order valence-corrected chi connectivity index (χ1v) is 20.2. The summed E-state index contributed by atoms with van der Waals surface area (Å²) in [6, 6.07) is 0. The van der Waals surface area contributed by atoms with E-state index in [1.165, 1.54) is 89.9 Å². The van der Waals surface area contributed by atoms with Gasteiger partial charge in [0.25, 0.3) is 0 Å². The fourth-order valence-electron chi connectivity index (χ4n) is 7.31. The average molecular weight is 651 g/mol. The number of rotatable bonds is 33. The number of unbranched alkanes of at least 4 members (excludes halogenated alkanes) is 16. The van der Waals surface area contributed by atoms with E-state index in [-0.39, 0.29) is 11.9 Å². The second-order valence-electron chi connectivity index (χ2n) is 14.3. The summed E-state index contributed by atoms with van der Waals surface area (Å²) >= 11 is 0. The van der Waals surface area contributed by atoms with E-state index in [1.807, 2.05) is 0 Å². The molecule has 0 spiro atoms. The molecule has 0 aromatic heterocycles. The minimum atomic E-state index is -0.0212. The molecule has 6 atom stereocenters. The van der Waals surface area contributed by atoms with E-state index >= 15 is 0 Å². The van der Waals surface area contributed by atoms with Crippen molar-refractivity contribution in [1.82, 2.24) is 0 Å². The fraction of sp³-hybridized carbons (Fsp3) is 0.950. The van der Waals surface area contributed by atoms with E-state index in [1.54, 1.807) is 0 Å². The number of carbonyl (C=O) groups excluding carboxylic acids is 2. The van der Waals surface area contributed by atoms with Crippen LogP contribution in [0.1, 0.15) is 195 Å². The van der Waals surface area contributed by atoms with Crippen molar-refractivity contribution in [3.8, 4) is 0 Å². The van der Waals surface area contributed by atoms with Crippen LogP contribution in [0.5, 0.6) is 0 Å². The van der Waals surface area contributed by atoms with Crippen molar-refractivity contribution in [3.63, 3.8) is 0 Å². The molecule has 0 N–H and O–H groups in total. The quantitative estimate of drug-likeness (QED) is 0.0399. The number of hydrogen-bond donors (Lipinski definition) is 0. The normalized spacial score (nSPS) is 21.6. The molecule has 2 fully saturated rings. The number of epoxide rings is 2. The molecule has 0 bridgehead atoms. The molecule has 0 aromatic carbocycles. The Morgan fingerprint density at radius 3 is 1.22 bits per heavy atom. The molecule has 0 radical (unpaired) electrons. The molecule has 6 nitrogen and oxygen atoms in total. The maximum absolute atomic E-state index is 12.0. The third kappa shape index (κ3) is 19.0. The molecule has 6 unspecified atom stereocenters. The van der Waals surface area contributed by atoms with Crippen LogP contribution in [0.3, 0.4) is 0 Å². The summed E-state index contributed by atoms with van der Waals surface area (Å²) in [5.74, 6) is 1.14. The highest BCUT2D eigenvalue weighted by Crippen LogP contribution is 2.46. The van der Waals surface area contributed by atoms with Crippen LogP contribution in [0.2, 0.25) is 0 Å². The summed E-state index contributed by atoms with van der Waals surface area (Å²) < 4.78 is 23.3. The van der Waals surface area contributed by atoms with Crippen molar-refractivity contribution >= 4 is 11.9 Å². The molecule has 0 saturated carbocycles. The molecule has 2 aliphatic heterocycles. The van der Waals surface area contributed by atoms with Crippen molar-refractivity contribution in [2.75, 3.05) is 13.2 Å². The summed E-state index contributed by atoms with van der Waals surface area (Å²) in [6.45, 7) is 10.3. The lowest BCUT2D eigenvalue weighted by molar-refractivity contribution is -0.144. The predicted molar refractivity (Wildman–Crippen MR) is 189 cm³/mol. The summed E-state index contributed by atoms with van der Waals surface area (Å²) in [5.41, 5.74) is 0. The lowest BCUT2D eigenvalue weighted by atomic mass is 9.80. The van der Waals surface area contributed by atoms with E-state index in [0.717, 1.165) is 64.2 Å². The van der Waals surface area contributed by atoms with Gasteiger partial charge in [-0.3, -0.25) is 9.59 Å². The van der Waals surface area contributed by atoms with Gasteiger partial charge < -0.3 is 18.9 Å². The van der Waals surface area contributed by atoms with Crippen LogP contribution in [-0.4, -0.2) is 49.6 Å². The fourth-order valence-corrected chi connectivity index (χ4v) is 7.31. The molecule has 2 heterocycles. The van der Waals surface area contributed by atoms with Gasteiger partial charge in [0.15, 0.2) is 0 Å². The first-order chi connectivity index (χ1) is 22.5. The molecule has 2 aliphatic rings. The molecule has 46 heavy (non-hydrogen) atoms. The van der Waals surface area contributed by atoms with Gasteiger partial charge in [0.1, 0.15) is 0 Å². The zero-order chi connectivity index (χ0) is 33.2. The number of esters is 2. The van der Waals surface area contributed by atoms with Crippen molar-refractivity contribution in [3.05, 3.63) is 0 Å². The minimum Gasteiger partial charge on any atom is -0.466 e. The van der Waals surface area contributed by atoms with Crippen molar-refractivity contribution < 1.29 is 28.5 Å². The Morgan fingerprint density at radius 1 is 0.478 bits per heavy atom. The summed E-state index contributed by atoms with van der Waals surface area (Å²) in [5, 5.41) is 0. The first kappa shape index (κ1) is 41.0. The Hall–Kier alpha value is -1.14. The van der Waals surface area contributed by atoms with E-state index in [4.69, 9.17) is 18.9 Å². The molecular formula is C40H74O6. The number of ether oxygens (including phenoxy) is 4. The molecule has 6 heteroatoms. The summed E-state index contributed by atoms with van der Waals surface area (Å²) in [4.78, 5) is 23.9. The van der Waals surface area contributed by atoms with E-state index in [0.29, 0.717) is 62.3 Å². The topological polar surface area (TPSA) is 77.7 Å². The minimum absolute atomic E-state index is 0.0212. The number of hydrogen-bond acceptors (Lipinski definition) is 6. The largest absolute Gasteiger partial charge is 0.466 e. The van der Waals surface area contributed by atoms with E-state index in [9.17, 15) is 9.59 Å². The zero-order valence-electron chi connectivity index (χ0n) is 30.7. The third-order valence-electron chi connectivity index (χ3n) is 10.3. The monoisotopic (exact) mass is 651 g/mol. The summed E-state index contributed by atoms with van der Waals surface area (Å²) in [6.07, 6.45) is 30.7. The van der Waals surface area contributed by atoms with Gasteiger partial charge >= 0.3 is 11.9 Å². The Kier molecular flexibility index (Phi) is 23.9. The van der Waals surface area contributed by atoms with Crippen LogP contribution >= 0.6 is 0 Å². The van der Waals surface area contributed by atoms with Gasteiger partial charge in [-0.15, -0.1) is 0 Å². The lowest BCUT2D eigenvalue weighted by Crippen LogP contribution is -2.26. The average Bonchev–Trinajstić information content (AvgIpc) is 3.99. The predicted octanol–water partition coefficient (Wildman–Crippen LogP) is 11.1. The molecule has 0 aromatic rings. The highest BCUT2D eigenvalue weighted by Gasteiger charge is 2.52. The van der Waals surface area contributed by atoms with Crippen LogP contribution in [0.15, 0.2) is 0 Å². The first-order valence-electron chi connectivity index (χ1n) is 20.2. The Labute approximate surface area is 284 Å². The second-order valence-corrected chi connectivity index (χ2v) is 14.3. The van der Waals surface area contributed by atoms with Crippen LogP contribution < -0.4 is 0 Å². The summed E-state index contributed by atoms with van der Waals surface area (Å²) in [7, 11) is 0. The molecule has 0 aliphatic carbocycles. The van der Waals surface area contributed by atoms with Gasteiger partial charge in [-0.2, -0.15) is 0 Å². The smallest absolute Gasteiger partial charge is 0.305 e. The molecule has 2 rings (SSSR count). The Balaban J connectivity index is 1.44. The maximum atomic E-state index is 12.0. The van der Waals surface area contributed by atoms with Gasteiger partial charge in [-0.25, -0.2) is 0 Å². The van der Waals surface area contributed by atoms with Crippen molar-refractivity contribution in [2.45, 2.75) is 219 Å². The number of carbonyl (C=O) groups is 2. The lowest BCUT2D eigenvalue weighted by Gasteiger charge is -2.22. The van der Waals surface area contributed by atoms with E-state index in [2.05, 4.69) is 27.7 Å². The van der Waals surface area contributed by atoms with Crippen LogP contribution in [0.25, 0.3) is 0 Å². The molecule has 2 saturated heterocycles. The van der Waals surface area contributed by atoms with Crippen molar-refractivity contribution in [1.29, 1.82) is 0 Å². The zero-order valence-corrected chi connectivity index (χ0v) is 30.7. The van der Waals surface area contributed by atoms with Crippen molar-refractivity contribution in [2.24, 2.45) is 11.8 Å². The van der Waals surface area contributed by atoms with Crippen LogP contribution in [-0.2, 0) is 28.5 Å². The second kappa shape index (κ2) is 26.8. The van der Waals surface area contributed by atoms with Gasteiger partial charge in [0, 0.05) is 12.8 Å². The molecule has 270 valence electrons. The van der Waals surface area contributed by atoms with Crippen LogP contribution in [0.4, 0.5) is 0 Å². The standard InChI is InChI=1S/C40H74O6/c1-5-9-11-13-19-25-31-43-37(41)29-23-17-15-21-27-35-39(45-35)33(7-3)34(8-4)40-36(46-40)28-22-16-18-24-30-38(42)44-32-26-20-14-12-10-6-2/h33-36,39-40H,5-32H2,1-4H3. The highest BCUT2D eigenvalue weighted by atomic mass is 16.6. The van der Waals surface area contributed by atoms with Gasteiger partial charge in [-0.05, 0) is 50.4 Å². The van der Waals surface area contributed by atoms with E-state index < -0.39 is 0 Å².